The number of aliphatic hydroxyl groups is 1. The second kappa shape index (κ2) is 6.58. The largest absolute Gasteiger partial charge is 0.466 e. The van der Waals surface area contributed by atoms with Crippen molar-refractivity contribution in [3.63, 3.8) is 0 Å². The second-order valence-electron chi connectivity index (χ2n) is 4.69. The summed E-state index contributed by atoms with van der Waals surface area (Å²) in [5, 5.41) is 17.6. The number of urea groups is 1. The summed E-state index contributed by atoms with van der Waals surface area (Å²) < 4.78 is 5.14. The molecule has 2 aromatic rings. The van der Waals surface area contributed by atoms with E-state index in [-0.39, 0.29) is 12.6 Å². The molecule has 1 unspecified atom stereocenters. The first kappa shape index (κ1) is 14.6. The van der Waals surface area contributed by atoms with Crippen LogP contribution in [0.4, 0.5) is 4.79 Å². The van der Waals surface area contributed by atoms with Gasteiger partial charge in [0.1, 0.15) is 11.4 Å². The highest BCUT2D eigenvalue weighted by atomic mass is 32.1. The standard InChI is InChI=1S/C14H18N2O3S/c1-14(18,12-5-2-8-19-12)10-16-13(17)15-7-6-11-4-3-9-20-11/h2-5,8-9,18H,6-7,10H2,1H3,(H2,15,16,17). The van der Waals surface area contributed by atoms with Crippen molar-refractivity contribution < 1.29 is 14.3 Å². The van der Waals surface area contributed by atoms with Gasteiger partial charge in [-0.3, -0.25) is 0 Å². The third kappa shape index (κ3) is 4.11. The van der Waals surface area contributed by atoms with Crippen LogP contribution in [0.5, 0.6) is 0 Å². The molecule has 6 heteroatoms. The fourth-order valence-corrected chi connectivity index (χ4v) is 2.45. The average molecular weight is 294 g/mol. The Morgan fingerprint density at radius 2 is 2.25 bits per heavy atom. The number of nitrogens with one attached hydrogen (secondary N) is 2. The van der Waals surface area contributed by atoms with E-state index < -0.39 is 5.60 Å². The molecular weight excluding hydrogens is 276 g/mol. The number of carbonyl (C=O) groups excluding carboxylic acids is 1. The van der Waals surface area contributed by atoms with Gasteiger partial charge in [-0.2, -0.15) is 0 Å². The molecule has 3 N–H and O–H groups in total. The molecule has 2 amide bonds. The maximum Gasteiger partial charge on any atom is 0.314 e. The summed E-state index contributed by atoms with van der Waals surface area (Å²) in [6.45, 7) is 2.25. The number of furan rings is 1. The molecular formula is C14H18N2O3S. The molecule has 0 aliphatic rings. The maximum atomic E-state index is 11.6. The van der Waals surface area contributed by atoms with Crippen LogP contribution in [0.25, 0.3) is 0 Å². The van der Waals surface area contributed by atoms with E-state index in [0.29, 0.717) is 12.3 Å². The van der Waals surface area contributed by atoms with E-state index in [1.54, 1.807) is 30.4 Å². The molecule has 108 valence electrons. The topological polar surface area (TPSA) is 74.5 Å². The van der Waals surface area contributed by atoms with Crippen molar-refractivity contribution in [1.29, 1.82) is 0 Å². The van der Waals surface area contributed by atoms with Gasteiger partial charge in [0, 0.05) is 11.4 Å². The van der Waals surface area contributed by atoms with Crippen LogP contribution in [0.2, 0.25) is 0 Å². The molecule has 0 aromatic carbocycles. The van der Waals surface area contributed by atoms with Crippen molar-refractivity contribution in [3.8, 4) is 0 Å². The van der Waals surface area contributed by atoms with Gasteiger partial charge in [-0.1, -0.05) is 6.07 Å². The molecule has 0 bridgehead atoms. The fourth-order valence-electron chi connectivity index (χ4n) is 1.74. The molecule has 0 aliphatic carbocycles. The first-order valence-electron chi connectivity index (χ1n) is 6.38. The summed E-state index contributed by atoms with van der Waals surface area (Å²) in [4.78, 5) is 12.9. The van der Waals surface area contributed by atoms with Gasteiger partial charge in [0.2, 0.25) is 0 Å². The van der Waals surface area contributed by atoms with E-state index in [4.69, 9.17) is 4.42 Å². The van der Waals surface area contributed by atoms with E-state index in [2.05, 4.69) is 10.6 Å². The van der Waals surface area contributed by atoms with Gasteiger partial charge in [0.15, 0.2) is 0 Å². The van der Waals surface area contributed by atoms with E-state index in [9.17, 15) is 9.90 Å². The van der Waals surface area contributed by atoms with Gasteiger partial charge in [-0.15, -0.1) is 11.3 Å². The van der Waals surface area contributed by atoms with E-state index >= 15 is 0 Å². The number of thiophene rings is 1. The zero-order chi connectivity index (χ0) is 14.4. The van der Waals surface area contributed by atoms with Gasteiger partial charge in [-0.25, -0.2) is 4.79 Å². The lowest BCUT2D eigenvalue weighted by molar-refractivity contribution is 0.0367. The van der Waals surface area contributed by atoms with Crippen LogP contribution in [-0.2, 0) is 12.0 Å². The van der Waals surface area contributed by atoms with E-state index in [1.807, 2.05) is 17.5 Å². The average Bonchev–Trinajstić information content (AvgIpc) is 3.09. The highest BCUT2D eigenvalue weighted by Crippen LogP contribution is 2.19. The lowest BCUT2D eigenvalue weighted by Crippen LogP contribution is -2.43. The Morgan fingerprint density at radius 1 is 1.40 bits per heavy atom. The Kier molecular flexibility index (Phi) is 4.81. The molecule has 2 rings (SSSR count). The molecule has 5 nitrogen and oxygen atoms in total. The van der Waals surface area contributed by atoms with Gasteiger partial charge >= 0.3 is 6.03 Å². The third-order valence-corrected chi connectivity index (χ3v) is 3.82. The van der Waals surface area contributed by atoms with Gasteiger partial charge in [0.05, 0.1) is 12.8 Å². The summed E-state index contributed by atoms with van der Waals surface area (Å²) >= 11 is 1.67. The fraction of sp³-hybridized carbons (Fsp3) is 0.357. The molecule has 0 aliphatic heterocycles. The third-order valence-electron chi connectivity index (χ3n) is 2.88. The van der Waals surface area contributed by atoms with Gasteiger partial charge in [-0.05, 0) is 36.9 Å². The van der Waals surface area contributed by atoms with E-state index in [0.717, 1.165) is 6.42 Å². The van der Waals surface area contributed by atoms with Crippen molar-refractivity contribution >= 4 is 17.4 Å². The lowest BCUT2D eigenvalue weighted by Gasteiger charge is -2.21. The minimum absolute atomic E-state index is 0.0886. The van der Waals surface area contributed by atoms with Crippen LogP contribution >= 0.6 is 11.3 Å². The maximum absolute atomic E-state index is 11.6. The summed E-state index contributed by atoms with van der Waals surface area (Å²) in [5.41, 5.74) is -1.21. The summed E-state index contributed by atoms with van der Waals surface area (Å²) in [5.74, 6) is 0.427. The predicted molar refractivity (Wildman–Crippen MR) is 77.7 cm³/mol. The number of hydrogen-bond donors (Lipinski definition) is 3. The Balaban J connectivity index is 1.69. The Labute approximate surface area is 121 Å². The monoisotopic (exact) mass is 294 g/mol. The number of carbonyl (C=O) groups is 1. The predicted octanol–water partition coefficient (Wildman–Crippen LogP) is 2.09. The van der Waals surface area contributed by atoms with Crippen molar-refractivity contribution in [3.05, 3.63) is 46.5 Å². The first-order valence-corrected chi connectivity index (χ1v) is 7.26. The van der Waals surface area contributed by atoms with Crippen LogP contribution in [-0.4, -0.2) is 24.2 Å². The minimum Gasteiger partial charge on any atom is -0.466 e. The summed E-state index contributed by atoms with van der Waals surface area (Å²) in [7, 11) is 0. The Hall–Kier alpha value is -1.79. The van der Waals surface area contributed by atoms with Crippen molar-refractivity contribution in [2.24, 2.45) is 0 Å². The van der Waals surface area contributed by atoms with Crippen molar-refractivity contribution in [1.82, 2.24) is 10.6 Å². The molecule has 20 heavy (non-hydrogen) atoms. The second-order valence-corrected chi connectivity index (χ2v) is 5.72. The van der Waals surface area contributed by atoms with E-state index in [1.165, 1.54) is 11.1 Å². The Bertz CT molecular complexity index is 521. The zero-order valence-electron chi connectivity index (χ0n) is 11.3. The lowest BCUT2D eigenvalue weighted by atomic mass is 10.0. The van der Waals surface area contributed by atoms with Crippen molar-refractivity contribution in [2.75, 3.05) is 13.1 Å². The quantitative estimate of drug-likeness (QED) is 0.763. The Morgan fingerprint density at radius 3 is 2.90 bits per heavy atom. The van der Waals surface area contributed by atoms with Crippen LogP contribution in [0.1, 0.15) is 17.6 Å². The molecule has 2 heterocycles. The first-order chi connectivity index (χ1) is 9.58. The smallest absolute Gasteiger partial charge is 0.314 e. The number of hydrogen-bond acceptors (Lipinski definition) is 4. The summed E-state index contributed by atoms with van der Waals surface area (Å²) in [6, 6.07) is 7.10. The minimum atomic E-state index is -1.21. The normalized spacial score (nSPS) is 13.7. The number of rotatable bonds is 6. The zero-order valence-corrected chi connectivity index (χ0v) is 12.1. The molecule has 0 fully saturated rings. The van der Waals surface area contributed by atoms with Gasteiger partial charge in [0.25, 0.3) is 0 Å². The van der Waals surface area contributed by atoms with Crippen LogP contribution < -0.4 is 10.6 Å². The van der Waals surface area contributed by atoms with Crippen LogP contribution in [0, 0.1) is 0 Å². The molecule has 1 atom stereocenters. The molecule has 0 spiro atoms. The SMILES string of the molecule is CC(O)(CNC(=O)NCCc1cccs1)c1ccco1. The van der Waals surface area contributed by atoms with Crippen molar-refractivity contribution in [2.45, 2.75) is 18.9 Å². The molecule has 0 saturated carbocycles. The van der Waals surface area contributed by atoms with Crippen LogP contribution in [0.15, 0.2) is 40.3 Å². The highest BCUT2D eigenvalue weighted by molar-refractivity contribution is 7.09. The number of amides is 2. The van der Waals surface area contributed by atoms with Crippen LogP contribution in [0.3, 0.4) is 0 Å². The summed E-state index contributed by atoms with van der Waals surface area (Å²) in [6.07, 6.45) is 2.30. The molecule has 0 saturated heterocycles. The highest BCUT2D eigenvalue weighted by Gasteiger charge is 2.26. The molecule has 0 radical (unpaired) electrons. The molecule has 2 aromatic heterocycles. The van der Waals surface area contributed by atoms with Gasteiger partial charge < -0.3 is 20.2 Å².